The minimum atomic E-state index is -0.0560. The van der Waals surface area contributed by atoms with E-state index in [1.807, 2.05) is 42.1 Å². The van der Waals surface area contributed by atoms with E-state index in [2.05, 4.69) is 0 Å². The Morgan fingerprint density at radius 1 is 1.17 bits per heavy atom. The molecule has 0 saturated heterocycles. The van der Waals surface area contributed by atoms with Crippen molar-refractivity contribution in [3.05, 3.63) is 54.2 Å². The Kier molecular flexibility index (Phi) is 3.19. The molecule has 1 aliphatic heterocycles. The summed E-state index contributed by atoms with van der Waals surface area (Å²) in [5, 5.41) is 0.939. The number of ether oxygens (including phenoxy) is 3. The molecule has 1 aromatic heterocycles. The predicted octanol–water partition coefficient (Wildman–Crippen LogP) is 3.17. The molecule has 4 rings (SSSR count). The number of hydrogen-bond acceptors (Lipinski definition) is 4. The third-order valence-electron chi connectivity index (χ3n) is 3.91. The van der Waals surface area contributed by atoms with Crippen LogP contribution in [0.25, 0.3) is 10.9 Å². The fourth-order valence-corrected chi connectivity index (χ4v) is 2.76. The lowest BCUT2D eigenvalue weighted by molar-refractivity contribution is 0.0922. The number of Topliss-reactive ketones (excluding diaryl/α,β-unsaturated/α-hetero) is 1. The molecule has 5 nitrogen and oxygen atoms in total. The molecule has 0 bridgehead atoms. The zero-order chi connectivity index (χ0) is 15.8. The monoisotopic (exact) mass is 309 g/mol. The Morgan fingerprint density at radius 3 is 2.91 bits per heavy atom. The third kappa shape index (κ3) is 2.40. The summed E-state index contributed by atoms with van der Waals surface area (Å²) < 4.78 is 18.1. The Balaban J connectivity index is 1.53. The lowest BCUT2D eigenvalue weighted by Gasteiger charge is -2.06. The molecule has 0 spiro atoms. The smallest absolute Gasteiger partial charge is 0.231 e. The maximum Gasteiger partial charge on any atom is 0.231 e. The number of nitrogens with zero attached hydrogens (tertiary/aromatic N) is 1. The number of aryl methyl sites for hydroxylation is 1. The zero-order valence-corrected chi connectivity index (χ0v) is 12.6. The summed E-state index contributed by atoms with van der Waals surface area (Å²) in [6.45, 7) is 0.196. The van der Waals surface area contributed by atoms with Gasteiger partial charge in [-0.15, -0.1) is 0 Å². The van der Waals surface area contributed by atoms with Gasteiger partial charge in [-0.25, -0.2) is 0 Å². The van der Waals surface area contributed by atoms with Gasteiger partial charge in [0.1, 0.15) is 5.75 Å². The lowest BCUT2D eigenvalue weighted by Crippen LogP contribution is -2.11. The van der Waals surface area contributed by atoms with E-state index in [9.17, 15) is 4.79 Å². The second-order valence-corrected chi connectivity index (χ2v) is 5.40. The molecule has 0 amide bonds. The van der Waals surface area contributed by atoms with Crippen molar-refractivity contribution >= 4 is 16.7 Å². The summed E-state index contributed by atoms with van der Waals surface area (Å²) in [6.07, 6.45) is 1.84. The van der Waals surface area contributed by atoms with Crippen LogP contribution in [0.1, 0.15) is 10.4 Å². The van der Waals surface area contributed by atoms with Gasteiger partial charge in [0.25, 0.3) is 0 Å². The van der Waals surface area contributed by atoms with E-state index in [0.29, 0.717) is 22.8 Å². The highest BCUT2D eigenvalue weighted by atomic mass is 16.7. The summed E-state index contributed by atoms with van der Waals surface area (Å²) in [4.78, 5) is 12.5. The van der Waals surface area contributed by atoms with Crippen LogP contribution in [0.5, 0.6) is 17.2 Å². The SMILES string of the molecule is Cn1cc(C(=O)COc2ccc3c(c2)OCO3)c2ccccc21. The van der Waals surface area contributed by atoms with Crippen LogP contribution < -0.4 is 14.2 Å². The van der Waals surface area contributed by atoms with Crippen molar-refractivity contribution in [2.45, 2.75) is 0 Å². The Hall–Kier alpha value is -2.95. The molecule has 1 aliphatic rings. The van der Waals surface area contributed by atoms with Crippen LogP contribution in [0, 0.1) is 0 Å². The van der Waals surface area contributed by atoms with Crippen molar-refractivity contribution in [3.63, 3.8) is 0 Å². The Labute approximate surface area is 133 Å². The first kappa shape index (κ1) is 13.7. The molecule has 23 heavy (non-hydrogen) atoms. The van der Waals surface area contributed by atoms with Gasteiger partial charge in [0.05, 0.1) is 0 Å². The second-order valence-electron chi connectivity index (χ2n) is 5.40. The molecule has 0 radical (unpaired) electrons. The van der Waals surface area contributed by atoms with Crippen molar-refractivity contribution in [1.29, 1.82) is 0 Å². The van der Waals surface area contributed by atoms with Crippen LogP contribution in [-0.2, 0) is 7.05 Å². The maximum absolute atomic E-state index is 12.5. The van der Waals surface area contributed by atoms with Crippen molar-refractivity contribution in [2.24, 2.45) is 7.05 Å². The number of aromatic nitrogens is 1. The first-order valence-electron chi connectivity index (χ1n) is 7.32. The summed E-state index contributed by atoms with van der Waals surface area (Å²) in [5.74, 6) is 1.86. The maximum atomic E-state index is 12.5. The number of benzene rings is 2. The first-order valence-corrected chi connectivity index (χ1v) is 7.32. The van der Waals surface area contributed by atoms with Gasteiger partial charge in [0, 0.05) is 35.8 Å². The highest BCUT2D eigenvalue weighted by molar-refractivity contribution is 6.08. The van der Waals surface area contributed by atoms with Crippen LogP contribution >= 0.6 is 0 Å². The average Bonchev–Trinajstić information content (AvgIpc) is 3.17. The van der Waals surface area contributed by atoms with Gasteiger partial charge in [-0.05, 0) is 18.2 Å². The average molecular weight is 309 g/mol. The molecular formula is C18H15NO4. The van der Waals surface area contributed by atoms with Gasteiger partial charge in [0.15, 0.2) is 18.1 Å². The van der Waals surface area contributed by atoms with Crippen LogP contribution in [-0.4, -0.2) is 23.8 Å². The molecule has 3 aromatic rings. The minimum absolute atomic E-state index is 0.0202. The van der Waals surface area contributed by atoms with Crippen LogP contribution in [0.2, 0.25) is 0 Å². The Bertz CT molecular complexity index is 897. The van der Waals surface area contributed by atoms with E-state index < -0.39 is 0 Å². The zero-order valence-electron chi connectivity index (χ0n) is 12.6. The van der Waals surface area contributed by atoms with Crippen LogP contribution in [0.4, 0.5) is 0 Å². The molecule has 0 aliphatic carbocycles. The number of rotatable bonds is 4. The van der Waals surface area contributed by atoms with Gasteiger partial charge < -0.3 is 18.8 Å². The number of carbonyl (C=O) groups is 1. The largest absolute Gasteiger partial charge is 0.485 e. The number of fused-ring (bicyclic) bond motifs is 2. The topological polar surface area (TPSA) is 49.7 Å². The number of para-hydroxylation sites is 1. The van der Waals surface area contributed by atoms with Crippen molar-refractivity contribution in [1.82, 2.24) is 4.57 Å². The highest BCUT2D eigenvalue weighted by Crippen LogP contribution is 2.35. The molecule has 5 heteroatoms. The molecule has 0 unspecified atom stereocenters. The third-order valence-corrected chi connectivity index (χ3v) is 3.91. The normalized spacial score (nSPS) is 12.6. The lowest BCUT2D eigenvalue weighted by atomic mass is 10.1. The van der Waals surface area contributed by atoms with E-state index in [0.717, 1.165) is 10.9 Å². The number of carbonyl (C=O) groups excluding carboxylic acids is 1. The van der Waals surface area contributed by atoms with Gasteiger partial charge in [0.2, 0.25) is 12.6 Å². The van der Waals surface area contributed by atoms with E-state index in [4.69, 9.17) is 14.2 Å². The van der Waals surface area contributed by atoms with Gasteiger partial charge in [-0.1, -0.05) is 18.2 Å². The molecule has 0 saturated carbocycles. The fraction of sp³-hybridized carbons (Fsp3) is 0.167. The quantitative estimate of drug-likeness (QED) is 0.695. The van der Waals surface area contributed by atoms with Crippen molar-refractivity contribution < 1.29 is 19.0 Å². The van der Waals surface area contributed by atoms with Gasteiger partial charge in [-0.2, -0.15) is 0 Å². The molecule has 0 atom stereocenters. The minimum Gasteiger partial charge on any atom is -0.485 e. The Morgan fingerprint density at radius 2 is 2.00 bits per heavy atom. The van der Waals surface area contributed by atoms with Crippen LogP contribution in [0.3, 0.4) is 0 Å². The number of ketones is 1. The fourth-order valence-electron chi connectivity index (χ4n) is 2.76. The van der Waals surface area contributed by atoms with Crippen molar-refractivity contribution in [2.75, 3.05) is 13.4 Å². The molecule has 116 valence electrons. The summed E-state index contributed by atoms with van der Waals surface area (Å²) in [5.41, 5.74) is 1.70. The van der Waals surface area contributed by atoms with E-state index in [-0.39, 0.29) is 19.2 Å². The first-order chi connectivity index (χ1) is 11.2. The predicted molar refractivity (Wildman–Crippen MR) is 85.3 cm³/mol. The molecule has 2 heterocycles. The standard InChI is InChI=1S/C18H15NO4/c1-19-9-14(13-4-2-3-5-15(13)19)16(20)10-21-12-6-7-17-18(8-12)23-11-22-17/h2-9H,10-11H2,1H3. The van der Waals surface area contributed by atoms with Crippen molar-refractivity contribution in [3.8, 4) is 17.2 Å². The summed E-state index contributed by atoms with van der Waals surface area (Å²) in [6, 6.07) is 13.1. The van der Waals surface area contributed by atoms with Crippen LogP contribution in [0.15, 0.2) is 48.7 Å². The van der Waals surface area contributed by atoms with Gasteiger partial charge >= 0.3 is 0 Å². The van der Waals surface area contributed by atoms with E-state index in [1.54, 1.807) is 18.2 Å². The second kappa shape index (κ2) is 5.35. The molecule has 0 fully saturated rings. The van der Waals surface area contributed by atoms with Gasteiger partial charge in [-0.3, -0.25) is 4.79 Å². The summed E-state index contributed by atoms with van der Waals surface area (Å²) in [7, 11) is 1.93. The highest BCUT2D eigenvalue weighted by Gasteiger charge is 2.16. The molecule has 0 N–H and O–H groups in total. The van der Waals surface area contributed by atoms with E-state index >= 15 is 0 Å². The molecular weight excluding hydrogens is 294 g/mol. The summed E-state index contributed by atoms with van der Waals surface area (Å²) >= 11 is 0. The van der Waals surface area contributed by atoms with E-state index in [1.165, 1.54) is 0 Å². The molecule has 2 aromatic carbocycles. The number of hydrogen-bond donors (Lipinski definition) is 0.